The van der Waals surface area contributed by atoms with Gasteiger partial charge < -0.3 is 20.1 Å². The molecule has 1 atom stereocenters. The summed E-state index contributed by atoms with van der Waals surface area (Å²) in [4.78, 5) is 48.3. The van der Waals surface area contributed by atoms with Crippen LogP contribution in [0.2, 0.25) is 0 Å². The Labute approximate surface area is 185 Å². The number of dihydropyridines is 1. The average Bonchev–Trinajstić information content (AvgIpc) is 2.76. The summed E-state index contributed by atoms with van der Waals surface area (Å²) in [6.07, 6.45) is 1.58. The molecule has 1 aliphatic heterocycles. The SMILES string of the molecule is CCCCOC(=O)CNC(=O)C1=C(C)NC(C)=C(C(=O)OC)[C@H]1c1cccc([N+](=O)[O-])c1. The molecule has 0 radical (unpaired) electrons. The first kappa shape index (κ1) is 24.6. The Morgan fingerprint density at radius 1 is 1.19 bits per heavy atom. The van der Waals surface area contributed by atoms with Crippen LogP contribution >= 0.6 is 0 Å². The van der Waals surface area contributed by atoms with Gasteiger partial charge in [-0.1, -0.05) is 25.5 Å². The third-order valence-electron chi connectivity index (χ3n) is 4.98. The maximum absolute atomic E-state index is 13.1. The lowest BCUT2D eigenvalue weighted by Gasteiger charge is -2.30. The normalized spacial score (nSPS) is 15.7. The monoisotopic (exact) mass is 445 g/mol. The van der Waals surface area contributed by atoms with Crippen LogP contribution in [0.25, 0.3) is 0 Å². The van der Waals surface area contributed by atoms with Gasteiger partial charge in [0.05, 0.1) is 30.1 Å². The second-order valence-corrected chi connectivity index (χ2v) is 7.24. The van der Waals surface area contributed by atoms with Crippen molar-refractivity contribution in [2.45, 2.75) is 39.5 Å². The number of nitrogens with one attached hydrogen (secondary N) is 2. The van der Waals surface area contributed by atoms with E-state index in [0.717, 1.165) is 12.8 Å². The van der Waals surface area contributed by atoms with Crippen LogP contribution in [0.5, 0.6) is 0 Å². The van der Waals surface area contributed by atoms with Crippen molar-refractivity contribution >= 4 is 23.5 Å². The van der Waals surface area contributed by atoms with E-state index < -0.39 is 28.7 Å². The van der Waals surface area contributed by atoms with Crippen LogP contribution in [-0.2, 0) is 23.9 Å². The first-order chi connectivity index (χ1) is 15.2. The fourth-order valence-electron chi connectivity index (χ4n) is 3.46. The molecule has 32 heavy (non-hydrogen) atoms. The predicted molar refractivity (Wildman–Crippen MR) is 115 cm³/mol. The van der Waals surface area contributed by atoms with E-state index in [4.69, 9.17) is 9.47 Å². The minimum Gasteiger partial charge on any atom is -0.466 e. The number of allylic oxidation sites excluding steroid dienone is 2. The van der Waals surface area contributed by atoms with E-state index in [1.807, 2.05) is 6.92 Å². The molecular formula is C22H27N3O7. The van der Waals surface area contributed by atoms with Crippen LogP contribution in [0.1, 0.15) is 45.1 Å². The molecule has 1 aromatic rings. The Morgan fingerprint density at radius 3 is 2.50 bits per heavy atom. The van der Waals surface area contributed by atoms with E-state index in [2.05, 4.69) is 10.6 Å². The number of non-ortho nitro benzene ring substituents is 1. The van der Waals surface area contributed by atoms with Crippen LogP contribution in [0.3, 0.4) is 0 Å². The van der Waals surface area contributed by atoms with Gasteiger partial charge in [-0.3, -0.25) is 19.7 Å². The summed E-state index contributed by atoms with van der Waals surface area (Å²) in [7, 11) is 1.21. The summed E-state index contributed by atoms with van der Waals surface area (Å²) in [6, 6.07) is 5.71. The highest BCUT2D eigenvalue weighted by Gasteiger charge is 2.37. The molecule has 10 nitrogen and oxygen atoms in total. The summed E-state index contributed by atoms with van der Waals surface area (Å²) in [5.74, 6) is -2.79. The van der Waals surface area contributed by atoms with Crippen LogP contribution in [0, 0.1) is 10.1 Å². The molecule has 0 unspecified atom stereocenters. The van der Waals surface area contributed by atoms with Crippen molar-refractivity contribution in [3.8, 4) is 0 Å². The Kier molecular flexibility index (Phi) is 8.51. The Morgan fingerprint density at radius 2 is 1.88 bits per heavy atom. The molecule has 0 bridgehead atoms. The average molecular weight is 445 g/mol. The molecule has 0 spiro atoms. The molecule has 2 rings (SSSR count). The number of hydrogen-bond acceptors (Lipinski definition) is 8. The Bertz CT molecular complexity index is 981. The number of hydrogen-bond donors (Lipinski definition) is 2. The van der Waals surface area contributed by atoms with Crippen molar-refractivity contribution in [3.05, 3.63) is 62.5 Å². The standard InChI is InChI=1S/C22H27N3O7/c1-5-6-10-32-17(26)12-23-21(27)18-13(2)24-14(3)19(22(28)31-4)20(18)15-8-7-9-16(11-15)25(29)30/h7-9,11,20,24H,5-6,10,12H2,1-4H3,(H,23,27)/t20-/m0/s1. The lowest BCUT2D eigenvalue weighted by Crippen LogP contribution is -2.38. The molecule has 0 saturated heterocycles. The van der Waals surface area contributed by atoms with E-state index >= 15 is 0 Å². The van der Waals surface area contributed by atoms with Gasteiger partial charge >= 0.3 is 11.9 Å². The molecule has 10 heteroatoms. The largest absolute Gasteiger partial charge is 0.466 e. The highest BCUT2D eigenvalue weighted by Crippen LogP contribution is 2.39. The summed E-state index contributed by atoms with van der Waals surface area (Å²) in [6.45, 7) is 5.18. The van der Waals surface area contributed by atoms with Crippen LogP contribution < -0.4 is 10.6 Å². The van der Waals surface area contributed by atoms with E-state index in [1.165, 1.54) is 25.3 Å². The van der Waals surface area contributed by atoms with E-state index in [0.29, 0.717) is 17.0 Å². The van der Waals surface area contributed by atoms with E-state index in [9.17, 15) is 24.5 Å². The number of nitro benzene ring substituents is 1. The molecule has 172 valence electrons. The summed E-state index contributed by atoms with van der Waals surface area (Å²) < 4.78 is 9.96. The molecule has 1 aromatic carbocycles. The van der Waals surface area contributed by atoms with Crippen LogP contribution in [0.4, 0.5) is 5.69 Å². The summed E-state index contributed by atoms with van der Waals surface area (Å²) in [5.41, 5.74) is 1.40. The second kappa shape index (κ2) is 11.1. The number of ether oxygens (including phenoxy) is 2. The van der Waals surface area contributed by atoms with Crippen molar-refractivity contribution in [2.75, 3.05) is 20.3 Å². The van der Waals surface area contributed by atoms with E-state index in [1.54, 1.807) is 19.9 Å². The quantitative estimate of drug-likeness (QED) is 0.256. The number of benzene rings is 1. The van der Waals surface area contributed by atoms with E-state index in [-0.39, 0.29) is 30.0 Å². The first-order valence-electron chi connectivity index (χ1n) is 10.2. The van der Waals surface area contributed by atoms with Gasteiger partial charge in [0.1, 0.15) is 6.54 Å². The lowest BCUT2D eigenvalue weighted by molar-refractivity contribution is -0.384. The van der Waals surface area contributed by atoms with Gasteiger partial charge in [-0.2, -0.15) is 0 Å². The number of rotatable bonds is 9. The van der Waals surface area contributed by atoms with Crippen molar-refractivity contribution in [3.63, 3.8) is 0 Å². The number of nitro groups is 1. The summed E-state index contributed by atoms with van der Waals surface area (Å²) >= 11 is 0. The van der Waals surface area contributed by atoms with Crippen molar-refractivity contribution < 1.29 is 28.8 Å². The number of carbonyl (C=O) groups is 3. The molecule has 1 aliphatic rings. The number of esters is 2. The highest BCUT2D eigenvalue weighted by molar-refractivity contribution is 6.02. The molecule has 1 heterocycles. The van der Waals surface area contributed by atoms with Gasteiger partial charge in [-0.05, 0) is 25.8 Å². The lowest BCUT2D eigenvalue weighted by atomic mass is 9.80. The predicted octanol–water partition coefficient (Wildman–Crippen LogP) is 2.46. The second-order valence-electron chi connectivity index (χ2n) is 7.24. The molecular weight excluding hydrogens is 418 g/mol. The third-order valence-corrected chi connectivity index (χ3v) is 4.98. The number of methoxy groups -OCH3 is 1. The zero-order chi connectivity index (χ0) is 23.8. The van der Waals surface area contributed by atoms with Gasteiger partial charge in [0.15, 0.2) is 0 Å². The molecule has 1 amide bonds. The molecule has 2 N–H and O–H groups in total. The van der Waals surface area contributed by atoms with Gasteiger partial charge in [0.2, 0.25) is 5.91 Å². The molecule has 0 aromatic heterocycles. The molecule has 0 saturated carbocycles. The fourth-order valence-corrected chi connectivity index (χ4v) is 3.46. The topological polar surface area (TPSA) is 137 Å². The maximum Gasteiger partial charge on any atom is 0.336 e. The van der Waals surface area contributed by atoms with Gasteiger partial charge in [0, 0.05) is 29.1 Å². The first-order valence-corrected chi connectivity index (χ1v) is 10.2. The zero-order valence-electron chi connectivity index (χ0n) is 18.5. The molecule has 0 fully saturated rings. The highest BCUT2D eigenvalue weighted by atomic mass is 16.6. The van der Waals surface area contributed by atoms with Crippen LogP contribution in [0.15, 0.2) is 46.8 Å². The Hall–Kier alpha value is -3.69. The van der Waals surface area contributed by atoms with Crippen molar-refractivity contribution in [1.82, 2.24) is 10.6 Å². The minimum absolute atomic E-state index is 0.147. The van der Waals surface area contributed by atoms with Gasteiger partial charge in [0.25, 0.3) is 5.69 Å². The van der Waals surface area contributed by atoms with Gasteiger partial charge in [-0.25, -0.2) is 4.79 Å². The molecule has 0 aliphatic carbocycles. The number of carbonyl (C=O) groups excluding carboxylic acids is 3. The smallest absolute Gasteiger partial charge is 0.336 e. The fraction of sp³-hybridized carbons (Fsp3) is 0.409. The maximum atomic E-state index is 13.1. The van der Waals surface area contributed by atoms with Crippen LogP contribution in [-0.4, -0.2) is 43.0 Å². The van der Waals surface area contributed by atoms with Crippen molar-refractivity contribution in [2.24, 2.45) is 0 Å². The van der Waals surface area contributed by atoms with Gasteiger partial charge in [-0.15, -0.1) is 0 Å². The number of amides is 1. The minimum atomic E-state index is -0.931. The Balaban J connectivity index is 2.42. The zero-order valence-corrected chi connectivity index (χ0v) is 18.5. The third kappa shape index (κ3) is 5.71. The summed E-state index contributed by atoms with van der Waals surface area (Å²) in [5, 5.41) is 16.8. The number of nitrogens with zero attached hydrogens (tertiary/aromatic N) is 1. The van der Waals surface area contributed by atoms with Crippen molar-refractivity contribution in [1.29, 1.82) is 0 Å². The number of unbranched alkanes of at least 4 members (excludes halogenated alkanes) is 1.